The molecular weight excluding hydrogens is 200 g/mol. The van der Waals surface area contributed by atoms with Gasteiger partial charge in [0.15, 0.2) is 0 Å². The van der Waals surface area contributed by atoms with E-state index in [2.05, 4.69) is 19.2 Å². The third kappa shape index (κ3) is 2.57. The SMILES string of the molecule is CC(C)[C@H](NC1CCC1)C(=O)N1CCCC1. The van der Waals surface area contributed by atoms with Gasteiger partial charge in [-0.15, -0.1) is 0 Å². The minimum atomic E-state index is 0.0448. The van der Waals surface area contributed by atoms with Crippen LogP contribution >= 0.6 is 0 Å². The lowest BCUT2D eigenvalue weighted by Gasteiger charge is -2.34. The Bertz CT molecular complexity index is 242. The summed E-state index contributed by atoms with van der Waals surface area (Å²) < 4.78 is 0. The molecule has 0 aromatic rings. The van der Waals surface area contributed by atoms with Gasteiger partial charge in [0.1, 0.15) is 0 Å². The van der Waals surface area contributed by atoms with Crippen molar-refractivity contribution >= 4 is 5.91 Å². The second-order valence-corrected chi connectivity index (χ2v) is 5.55. The van der Waals surface area contributed by atoms with Crippen molar-refractivity contribution in [2.45, 2.75) is 58.0 Å². The van der Waals surface area contributed by atoms with Crippen molar-refractivity contribution in [1.82, 2.24) is 10.2 Å². The molecule has 1 atom stereocenters. The molecule has 2 fully saturated rings. The van der Waals surface area contributed by atoms with Gasteiger partial charge in [-0.2, -0.15) is 0 Å². The summed E-state index contributed by atoms with van der Waals surface area (Å²) in [5.74, 6) is 0.730. The van der Waals surface area contributed by atoms with Crippen molar-refractivity contribution in [2.24, 2.45) is 5.92 Å². The molecule has 3 nitrogen and oxygen atoms in total. The topological polar surface area (TPSA) is 32.3 Å². The van der Waals surface area contributed by atoms with E-state index in [1.54, 1.807) is 0 Å². The highest BCUT2D eigenvalue weighted by Crippen LogP contribution is 2.21. The maximum Gasteiger partial charge on any atom is 0.239 e. The summed E-state index contributed by atoms with van der Waals surface area (Å²) in [6.07, 6.45) is 6.17. The molecule has 1 amide bonds. The molecule has 1 aliphatic heterocycles. The number of nitrogens with zero attached hydrogens (tertiary/aromatic N) is 1. The van der Waals surface area contributed by atoms with Crippen LogP contribution in [0.5, 0.6) is 0 Å². The third-order valence-corrected chi connectivity index (χ3v) is 3.87. The van der Waals surface area contributed by atoms with Crippen LogP contribution in [0, 0.1) is 5.92 Å². The molecule has 1 saturated heterocycles. The summed E-state index contributed by atoms with van der Waals surface area (Å²) in [7, 11) is 0. The number of nitrogens with one attached hydrogen (secondary N) is 1. The van der Waals surface area contributed by atoms with E-state index in [-0.39, 0.29) is 6.04 Å². The van der Waals surface area contributed by atoms with E-state index >= 15 is 0 Å². The van der Waals surface area contributed by atoms with Crippen LogP contribution in [0.1, 0.15) is 46.0 Å². The van der Waals surface area contributed by atoms with Crippen LogP contribution in [0.15, 0.2) is 0 Å². The zero-order valence-corrected chi connectivity index (χ0v) is 10.5. The number of rotatable bonds is 4. The molecule has 2 rings (SSSR count). The molecule has 1 N–H and O–H groups in total. The average Bonchev–Trinajstić information content (AvgIpc) is 2.67. The first-order chi connectivity index (χ1) is 7.68. The molecule has 2 aliphatic rings. The Kier molecular flexibility index (Phi) is 3.85. The molecule has 0 aromatic heterocycles. The molecule has 1 heterocycles. The number of carbonyl (C=O) groups excluding carboxylic acids is 1. The van der Waals surface area contributed by atoms with Gasteiger partial charge in [-0.3, -0.25) is 4.79 Å². The number of hydrogen-bond acceptors (Lipinski definition) is 2. The van der Waals surface area contributed by atoms with E-state index in [0.29, 0.717) is 17.9 Å². The van der Waals surface area contributed by atoms with Crippen LogP contribution in [0.3, 0.4) is 0 Å². The molecule has 1 aliphatic carbocycles. The lowest BCUT2D eigenvalue weighted by Crippen LogP contribution is -2.53. The molecule has 0 aromatic carbocycles. The predicted molar refractivity (Wildman–Crippen MR) is 65.2 cm³/mol. The second-order valence-electron chi connectivity index (χ2n) is 5.55. The van der Waals surface area contributed by atoms with Crippen LogP contribution in [0.4, 0.5) is 0 Å². The minimum absolute atomic E-state index is 0.0448. The molecule has 3 heteroatoms. The Morgan fingerprint density at radius 2 is 1.81 bits per heavy atom. The Hall–Kier alpha value is -0.570. The quantitative estimate of drug-likeness (QED) is 0.789. The van der Waals surface area contributed by atoms with Crippen LogP contribution in [0.25, 0.3) is 0 Å². The van der Waals surface area contributed by atoms with Gasteiger partial charge in [-0.05, 0) is 31.6 Å². The monoisotopic (exact) mass is 224 g/mol. The Labute approximate surface area is 98.6 Å². The first-order valence-corrected chi connectivity index (χ1v) is 6.73. The Morgan fingerprint density at radius 3 is 2.25 bits per heavy atom. The van der Waals surface area contributed by atoms with Crippen LogP contribution in [-0.2, 0) is 4.79 Å². The number of amides is 1. The highest BCUT2D eigenvalue weighted by atomic mass is 16.2. The van der Waals surface area contributed by atoms with Gasteiger partial charge in [0.2, 0.25) is 5.91 Å². The summed E-state index contributed by atoms with van der Waals surface area (Å²) in [5, 5.41) is 3.54. The van der Waals surface area contributed by atoms with Crippen molar-refractivity contribution in [2.75, 3.05) is 13.1 Å². The largest absolute Gasteiger partial charge is 0.341 e. The predicted octanol–water partition coefficient (Wildman–Crippen LogP) is 1.78. The van der Waals surface area contributed by atoms with Crippen molar-refractivity contribution < 1.29 is 4.79 Å². The summed E-state index contributed by atoms with van der Waals surface area (Å²) in [4.78, 5) is 14.4. The minimum Gasteiger partial charge on any atom is -0.341 e. The highest BCUT2D eigenvalue weighted by Gasteiger charge is 2.31. The fraction of sp³-hybridized carbons (Fsp3) is 0.923. The van der Waals surface area contributed by atoms with E-state index in [9.17, 15) is 4.79 Å². The Morgan fingerprint density at radius 1 is 1.19 bits per heavy atom. The van der Waals surface area contributed by atoms with Crippen molar-refractivity contribution in [3.8, 4) is 0 Å². The third-order valence-electron chi connectivity index (χ3n) is 3.87. The van der Waals surface area contributed by atoms with Crippen molar-refractivity contribution in [3.05, 3.63) is 0 Å². The standard InChI is InChI=1S/C13H24N2O/c1-10(2)12(14-11-6-5-7-11)13(16)15-8-3-4-9-15/h10-12,14H,3-9H2,1-2H3/t12-/m0/s1. The molecule has 92 valence electrons. The van der Waals surface area contributed by atoms with Gasteiger partial charge in [-0.1, -0.05) is 20.3 Å². The zero-order chi connectivity index (χ0) is 11.5. The van der Waals surface area contributed by atoms with Gasteiger partial charge in [0.25, 0.3) is 0 Å². The first kappa shape index (κ1) is 11.9. The van der Waals surface area contributed by atoms with E-state index in [1.807, 2.05) is 4.90 Å². The fourth-order valence-corrected chi connectivity index (χ4v) is 2.51. The Balaban J connectivity index is 1.91. The van der Waals surface area contributed by atoms with Crippen LogP contribution < -0.4 is 5.32 Å². The lowest BCUT2D eigenvalue weighted by molar-refractivity contribution is -0.133. The summed E-state index contributed by atoms with van der Waals surface area (Å²) in [6, 6.07) is 0.641. The number of likely N-dealkylation sites (tertiary alicyclic amines) is 1. The maximum atomic E-state index is 12.3. The average molecular weight is 224 g/mol. The molecule has 0 radical (unpaired) electrons. The van der Waals surface area contributed by atoms with Crippen LogP contribution in [-0.4, -0.2) is 36.0 Å². The lowest BCUT2D eigenvalue weighted by atomic mass is 9.90. The maximum absolute atomic E-state index is 12.3. The molecule has 0 bridgehead atoms. The first-order valence-electron chi connectivity index (χ1n) is 6.73. The van der Waals surface area contributed by atoms with E-state index < -0.39 is 0 Å². The van der Waals surface area contributed by atoms with Crippen molar-refractivity contribution in [1.29, 1.82) is 0 Å². The zero-order valence-electron chi connectivity index (χ0n) is 10.5. The highest BCUT2D eigenvalue weighted by molar-refractivity contribution is 5.82. The number of carbonyl (C=O) groups is 1. The van der Waals surface area contributed by atoms with E-state index in [4.69, 9.17) is 0 Å². The summed E-state index contributed by atoms with van der Waals surface area (Å²) >= 11 is 0. The van der Waals surface area contributed by atoms with Gasteiger partial charge in [0.05, 0.1) is 6.04 Å². The van der Waals surface area contributed by atoms with E-state index in [1.165, 1.54) is 32.1 Å². The van der Waals surface area contributed by atoms with Gasteiger partial charge < -0.3 is 10.2 Å². The molecule has 1 saturated carbocycles. The normalized spacial score (nSPS) is 23.6. The molecule has 0 unspecified atom stereocenters. The fourth-order valence-electron chi connectivity index (χ4n) is 2.51. The van der Waals surface area contributed by atoms with Gasteiger partial charge in [0, 0.05) is 19.1 Å². The molecule has 16 heavy (non-hydrogen) atoms. The van der Waals surface area contributed by atoms with Gasteiger partial charge in [-0.25, -0.2) is 0 Å². The molecule has 0 spiro atoms. The van der Waals surface area contributed by atoms with E-state index in [0.717, 1.165) is 13.1 Å². The van der Waals surface area contributed by atoms with Crippen LogP contribution in [0.2, 0.25) is 0 Å². The smallest absolute Gasteiger partial charge is 0.239 e. The molecular formula is C13H24N2O. The number of hydrogen-bond donors (Lipinski definition) is 1. The van der Waals surface area contributed by atoms with Crippen molar-refractivity contribution in [3.63, 3.8) is 0 Å². The summed E-state index contributed by atoms with van der Waals surface area (Å²) in [6.45, 7) is 6.22. The second kappa shape index (κ2) is 5.17. The van der Waals surface area contributed by atoms with Gasteiger partial charge >= 0.3 is 0 Å². The summed E-state index contributed by atoms with van der Waals surface area (Å²) in [5.41, 5.74) is 0.